The number of nitrogens with zero attached hydrogens (tertiary/aromatic N) is 1. The fourth-order valence-electron chi connectivity index (χ4n) is 3.08. The van der Waals surface area contributed by atoms with Gasteiger partial charge < -0.3 is 19.8 Å². The van der Waals surface area contributed by atoms with Gasteiger partial charge in [0, 0.05) is 5.70 Å². The van der Waals surface area contributed by atoms with Crippen LogP contribution in [0.15, 0.2) is 23.4 Å². The average molecular weight is 355 g/mol. The fourth-order valence-corrected chi connectivity index (χ4v) is 3.08. The maximum absolute atomic E-state index is 14.2. The molecule has 0 bridgehead atoms. The Hall–Kier alpha value is -2.64. The summed E-state index contributed by atoms with van der Waals surface area (Å²) in [6, 6.07) is 1.69. The predicted molar refractivity (Wildman–Crippen MR) is 85.6 cm³/mol. The van der Waals surface area contributed by atoms with Gasteiger partial charge in [-0.3, -0.25) is 0 Å². The molecule has 136 valence electrons. The third-order valence-corrected chi connectivity index (χ3v) is 4.25. The number of anilines is 1. The molecule has 1 aromatic carbocycles. The van der Waals surface area contributed by atoms with Crippen molar-refractivity contribution in [2.75, 3.05) is 4.90 Å². The predicted octanol–water partition coefficient (Wildman–Crippen LogP) is 3.16. The maximum atomic E-state index is 14.2. The smallest absolute Gasteiger partial charge is 0.344 e. The van der Waals surface area contributed by atoms with Crippen LogP contribution in [-0.2, 0) is 9.59 Å². The molecule has 1 aromatic rings. The van der Waals surface area contributed by atoms with Gasteiger partial charge in [0.1, 0.15) is 6.10 Å². The minimum absolute atomic E-state index is 0.00140. The van der Waals surface area contributed by atoms with Gasteiger partial charge in [-0.15, -0.1) is 0 Å². The summed E-state index contributed by atoms with van der Waals surface area (Å²) in [5.41, 5.74) is -0.698. The number of benzene rings is 1. The lowest BCUT2D eigenvalue weighted by atomic mass is 10.00. The maximum Gasteiger partial charge on any atom is 0.344 e. The Labute approximate surface area is 143 Å². The molecule has 2 rings (SSSR count). The zero-order valence-corrected chi connectivity index (χ0v) is 14.0. The lowest BCUT2D eigenvalue weighted by Gasteiger charge is -2.43. The van der Waals surface area contributed by atoms with E-state index < -0.39 is 41.3 Å². The van der Waals surface area contributed by atoms with Crippen LogP contribution >= 0.6 is 0 Å². The van der Waals surface area contributed by atoms with Crippen LogP contribution in [0.5, 0.6) is 5.75 Å². The SMILES string of the molecule is CCC(=C(C(=O)O)C(=O)O)N1c2ccc(F)c(F)c2OC(CC)[C@@H]1C. The van der Waals surface area contributed by atoms with E-state index in [2.05, 4.69) is 0 Å². The molecular weight excluding hydrogens is 336 g/mol. The number of carboxylic acids is 2. The van der Waals surface area contributed by atoms with Gasteiger partial charge >= 0.3 is 11.9 Å². The number of allylic oxidation sites excluding steroid dienone is 1. The zero-order valence-electron chi connectivity index (χ0n) is 14.0. The topological polar surface area (TPSA) is 87.1 Å². The van der Waals surface area contributed by atoms with Crippen LogP contribution in [0, 0.1) is 11.6 Å². The van der Waals surface area contributed by atoms with Crippen molar-refractivity contribution in [2.24, 2.45) is 0 Å². The molecule has 0 radical (unpaired) electrons. The molecule has 0 aromatic heterocycles. The molecular formula is C17H19F2NO5. The quantitative estimate of drug-likeness (QED) is 0.479. The first-order chi connectivity index (χ1) is 11.7. The molecule has 0 fully saturated rings. The molecule has 1 heterocycles. The highest BCUT2D eigenvalue weighted by Gasteiger charge is 2.38. The minimum atomic E-state index is -1.60. The number of fused-ring (bicyclic) bond motifs is 1. The lowest BCUT2D eigenvalue weighted by molar-refractivity contribution is -0.140. The Morgan fingerprint density at radius 1 is 1.20 bits per heavy atom. The summed E-state index contributed by atoms with van der Waals surface area (Å²) in [6.07, 6.45) is -0.0404. The van der Waals surface area contributed by atoms with E-state index in [4.69, 9.17) is 4.74 Å². The second kappa shape index (κ2) is 7.08. The molecule has 6 nitrogen and oxygen atoms in total. The molecule has 0 amide bonds. The average Bonchev–Trinajstić information content (AvgIpc) is 2.55. The number of ether oxygens (including phenoxy) is 1. The molecule has 1 aliphatic rings. The van der Waals surface area contributed by atoms with E-state index in [1.165, 1.54) is 11.0 Å². The van der Waals surface area contributed by atoms with Crippen LogP contribution in [0.2, 0.25) is 0 Å². The van der Waals surface area contributed by atoms with Crippen molar-refractivity contribution in [1.29, 1.82) is 0 Å². The molecule has 2 atom stereocenters. The summed E-state index contributed by atoms with van der Waals surface area (Å²) < 4.78 is 33.3. The van der Waals surface area contributed by atoms with Crippen molar-refractivity contribution in [3.8, 4) is 5.75 Å². The highest BCUT2D eigenvalue weighted by molar-refractivity contribution is 6.13. The van der Waals surface area contributed by atoms with Gasteiger partial charge in [-0.05, 0) is 31.9 Å². The van der Waals surface area contributed by atoms with Crippen molar-refractivity contribution < 1.29 is 33.3 Å². The molecule has 1 aliphatic heterocycles. The van der Waals surface area contributed by atoms with Gasteiger partial charge in [-0.25, -0.2) is 14.0 Å². The molecule has 0 spiro atoms. The standard InChI is InChI=1S/C17H19F2NO5/c1-4-10(13(16(21)22)17(23)24)20-8(3)12(5-2)25-15-11(20)7-6-9(18)14(15)19/h6-8,12H,4-5H2,1-3H3,(H,21,22)(H,23,24)/t8-,12?/m0/s1. The molecule has 8 heteroatoms. The molecule has 25 heavy (non-hydrogen) atoms. The van der Waals surface area contributed by atoms with E-state index >= 15 is 0 Å². The van der Waals surface area contributed by atoms with Crippen LogP contribution in [0.3, 0.4) is 0 Å². The van der Waals surface area contributed by atoms with Crippen LogP contribution in [-0.4, -0.2) is 34.3 Å². The molecule has 0 saturated heterocycles. The number of carbonyl (C=O) groups is 2. The lowest BCUT2D eigenvalue weighted by Crippen LogP contribution is -2.48. The van der Waals surface area contributed by atoms with Crippen LogP contribution in [0.4, 0.5) is 14.5 Å². The van der Waals surface area contributed by atoms with Gasteiger partial charge in [0.25, 0.3) is 0 Å². The largest absolute Gasteiger partial charge is 0.483 e. The summed E-state index contributed by atoms with van der Waals surface area (Å²) >= 11 is 0. The van der Waals surface area contributed by atoms with Crippen LogP contribution in [0.1, 0.15) is 33.6 Å². The monoisotopic (exact) mass is 355 g/mol. The molecule has 0 aliphatic carbocycles. The van der Waals surface area contributed by atoms with E-state index in [0.29, 0.717) is 6.42 Å². The van der Waals surface area contributed by atoms with Crippen molar-refractivity contribution >= 4 is 17.6 Å². The Kier molecular flexibility index (Phi) is 5.30. The number of hydrogen-bond acceptors (Lipinski definition) is 4. The van der Waals surface area contributed by atoms with Gasteiger partial charge in [0.2, 0.25) is 5.82 Å². The Morgan fingerprint density at radius 2 is 1.80 bits per heavy atom. The van der Waals surface area contributed by atoms with E-state index in [1.54, 1.807) is 20.8 Å². The zero-order chi connectivity index (χ0) is 18.9. The molecule has 1 unspecified atom stereocenters. The molecule has 0 saturated carbocycles. The fraction of sp³-hybridized carbons (Fsp3) is 0.412. The minimum Gasteiger partial charge on any atom is -0.483 e. The van der Waals surface area contributed by atoms with Crippen LogP contribution < -0.4 is 9.64 Å². The van der Waals surface area contributed by atoms with Crippen molar-refractivity contribution in [3.05, 3.63) is 35.0 Å². The first kappa shape index (κ1) is 18.7. The third-order valence-electron chi connectivity index (χ3n) is 4.25. The van der Waals surface area contributed by atoms with Gasteiger partial charge in [0.05, 0.1) is 11.7 Å². The third kappa shape index (κ3) is 3.16. The van der Waals surface area contributed by atoms with Gasteiger partial charge in [-0.1, -0.05) is 13.8 Å². The molecule has 2 N–H and O–H groups in total. The van der Waals surface area contributed by atoms with Crippen molar-refractivity contribution in [3.63, 3.8) is 0 Å². The van der Waals surface area contributed by atoms with E-state index in [0.717, 1.165) is 6.07 Å². The van der Waals surface area contributed by atoms with E-state index in [-0.39, 0.29) is 23.6 Å². The Bertz CT molecular complexity index is 731. The summed E-state index contributed by atoms with van der Waals surface area (Å²) in [7, 11) is 0. The van der Waals surface area contributed by atoms with E-state index in [9.17, 15) is 28.6 Å². The first-order valence-corrected chi connectivity index (χ1v) is 7.88. The number of aliphatic carboxylic acids is 2. The van der Waals surface area contributed by atoms with E-state index in [1.807, 2.05) is 0 Å². The second-order valence-corrected chi connectivity index (χ2v) is 5.67. The Balaban J connectivity index is 2.78. The number of halogens is 2. The Morgan fingerprint density at radius 3 is 2.28 bits per heavy atom. The summed E-state index contributed by atoms with van der Waals surface area (Å²) in [5.74, 6) is -5.82. The highest BCUT2D eigenvalue weighted by Crippen LogP contribution is 2.43. The summed E-state index contributed by atoms with van der Waals surface area (Å²) in [5, 5.41) is 18.6. The van der Waals surface area contributed by atoms with Gasteiger partial charge in [0.15, 0.2) is 17.1 Å². The summed E-state index contributed by atoms with van der Waals surface area (Å²) in [6.45, 7) is 5.10. The highest BCUT2D eigenvalue weighted by atomic mass is 19.2. The normalized spacial score (nSPS) is 19.0. The number of hydrogen-bond donors (Lipinski definition) is 2. The number of carboxylic acid groups (broad SMARTS) is 2. The summed E-state index contributed by atoms with van der Waals surface area (Å²) in [4.78, 5) is 24.3. The van der Waals surface area contributed by atoms with Crippen LogP contribution in [0.25, 0.3) is 0 Å². The van der Waals surface area contributed by atoms with Gasteiger partial charge in [-0.2, -0.15) is 4.39 Å². The number of rotatable bonds is 5. The van der Waals surface area contributed by atoms with Crippen molar-refractivity contribution in [1.82, 2.24) is 0 Å². The first-order valence-electron chi connectivity index (χ1n) is 7.88. The second-order valence-electron chi connectivity index (χ2n) is 5.67. The van der Waals surface area contributed by atoms with Crippen molar-refractivity contribution in [2.45, 2.75) is 45.8 Å².